The monoisotopic (exact) mass is 248 g/mol. The summed E-state index contributed by atoms with van der Waals surface area (Å²) in [5.74, 6) is 0.192. The van der Waals surface area contributed by atoms with Crippen molar-refractivity contribution in [3.8, 4) is 0 Å². The molecule has 3 nitrogen and oxygen atoms in total. The quantitative estimate of drug-likeness (QED) is 0.832. The third-order valence-electron chi connectivity index (χ3n) is 3.53. The minimum Gasteiger partial charge on any atom is -0.342 e. The standard InChI is InChI=1S/C12H24N2O.ClH/c1-12(2,9-13)11(15)14(3)10-7-5-4-6-8-10;/h10H,4-9,13H2,1-3H3;1H. The minimum atomic E-state index is -0.411. The molecule has 1 aliphatic rings. The number of hydrogen-bond donors (Lipinski definition) is 1. The minimum absolute atomic E-state index is 0. The summed E-state index contributed by atoms with van der Waals surface area (Å²) in [4.78, 5) is 14.1. The van der Waals surface area contributed by atoms with E-state index >= 15 is 0 Å². The fourth-order valence-electron chi connectivity index (χ4n) is 2.20. The van der Waals surface area contributed by atoms with Gasteiger partial charge in [-0.05, 0) is 26.7 Å². The lowest BCUT2D eigenvalue weighted by atomic mass is 9.88. The number of nitrogens with zero attached hydrogens (tertiary/aromatic N) is 1. The van der Waals surface area contributed by atoms with Crippen molar-refractivity contribution >= 4 is 18.3 Å². The van der Waals surface area contributed by atoms with Crippen LogP contribution in [-0.4, -0.2) is 30.4 Å². The number of nitrogens with two attached hydrogens (primary N) is 1. The first-order valence-electron chi connectivity index (χ1n) is 5.96. The summed E-state index contributed by atoms with van der Waals surface area (Å²) >= 11 is 0. The maximum atomic E-state index is 12.1. The van der Waals surface area contributed by atoms with Crippen molar-refractivity contribution in [2.24, 2.45) is 11.1 Å². The normalized spacial score (nSPS) is 17.8. The third-order valence-corrected chi connectivity index (χ3v) is 3.53. The zero-order valence-corrected chi connectivity index (χ0v) is 11.5. The van der Waals surface area contributed by atoms with Gasteiger partial charge in [0, 0.05) is 19.6 Å². The molecule has 96 valence electrons. The first-order chi connectivity index (χ1) is 6.99. The van der Waals surface area contributed by atoms with Gasteiger partial charge in [0.1, 0.15) is 0 Å². The van der Waals surface area contributed by atoms with Crippen LogP contribution in [0.5, 0.6) is 0 Å². The number of halogens is 1. The maximum Gasteiger partial charge on any atom is 0.229 e. The molecule has 1 rings (SSSR count). The lowest BCUT2D eigenvalue weighted by Gasteiger charge is -2.36. The van der Waals surface area contributed by atoms with Crippen molar-refractivity contribution in [2.75, 3.05) is 13.6 Å². The van der Waals surface area contributed by atoms with Gasteiger partial charge >= 0.3 is 0 Å². The van der Waals surface area contributed by atoms with Crippen LogP contribution in [0.25, 0.3) is 0 Å². The fourth-order valence-corrected chi connectivity index (χ4v) is 2.20. The molecule has 0 saturated heterocycles. The summed E-state index contributed by atoms with van der Waals surface area (Å²) < 4.78 is 0. The van der Waals surface area contributed by atoms with Crippen LogP contribution in [0.3, 0.4) is 0 Å². The van der Waals surface area contributed by atoms with Crippen LogP contribution in [0.2, 0.25) is 0 Å². The molecule has 4 heteroatoms. The van der Waals surface area contributed by atoms with Gasteiger partial charge in [0.25, 0.3) is 0 Å². The van der Waals surface area contributed by atoms with Crippen molar-refractivity contribution in [2.45, 2.75) is 52.0 Å². The van der Waals surface area contributed by atoms with Gasteiger partial charge in [0.2, 0.25) is 5.91 Å². The molecule has 0 radical (unpaired) electrons. The van der Waals surface area contributed by atoms with E-state index in [0.29, 0.717) is 12.6 Å². The molecule has 0 atom stereocenters. The largest absolute Gasteiger partial charge is 0.342 e. The van der Waals surface area contributed by atoms with Gasteiger partial charge in [-0.25, -0.2) is 0 Å². The van der Waals surface area contributed by atoms with E-state index in [-0.39, 0.29) is 18.3 Å². The van der Waals surface area contributed by atoms with E-state index in [2.05, 4.69) is 0 Å². The van der Waals surface area contributed by atoms with E-state index in [9.17, 15) is 4.79 Å². The average molecular weight is 249 g/mol. The highest BCUT2D eigenvalue weighted by atomic mass is 35.5. The number of hydrogen-bond acceptors (Lipinski definition) is 2. The molecule has 0 bridgehead atoms. The van der Waals surface area contributed by atoms with Crippen LogP contribution < -0.4 is 5.73 Å². The predicted molar refractivity (Wildman–Crippen MR) is 69.7 cm³/mol. The van der Waals surface area contributed by atoms with Gasteiger partial charge in [-0.2, -0.15) is 0 Å². The highest BCUT2D eigenvalue weighted by Crippen LogP contribution is 2.25. The second-order valence-electron chi connectivity index (χ2n) is 5.30. The summed E-state index contributed by atoms with van der Waals surface area (Å²) in [6.07, 6.45) is 6.14. The molecular formula is C12H25ClN2O. The topological polar surface area (TPSA) is 46.3 Å². The van der Waals surface area contributed by atoms with Crippen LogP contribution in [-0.2, 0) is 4.79 Å². The third kappa shape index (κ3) is 3.63. The van der Waals surface area contributed by atoms with Gasteiger partial charge in [0.05, 0.1) is 5.41 Å². The fraction of sp³-hybridized carbons (Fsp3) is 0.917. The lowest BCUT2D eigenvalue weighted by molar-refractivity contribution is -0.141. The Balaban J connectivity index is 0.00000225. The Morgan fingerprint density at radius 3 is 2.25 bits per heavy atom. The maximum absolute atomic E-state index is 12.1. The number of carbonyl (C=O) groups is 1. The van der Waals surface area contributed by atoms with Gasteiger partial charge < -0.3 is 10.6 Å². The predicted octanol–water partition coefficient (Wildman–Crippen LogP) is 2.18. The van der Waals surface area contributed by atoms with Gasteiger partial charge in [-0.1, -0.05) is 19.3 Å². The molecule has 1 fully saturated rings. The van der Waals surface area contributed by atoms with E-state index in [1.54, 1.807) is 0 Å². The molecule has 1 saturated carbocycles. The molecule has 16 heavy (non-hydrogen) atoms. The van der Waals surface area contributed by atoms with E-state index in [4.69, 9.17) is 5.73 Å². The number of rotatable bonds is 3. The van der Waals surface area contributed by atoms with E-state index in [1.165, 1.54) is 19.3 Å². The first-order valence-corrected chi connectivity index (χ1v) is 5.96. The van der Waals surface area contributed by atoms with Crippen molar-refractivity contribution in [1.82, 2.24) is 4.90 Å². The second kappa shape index (κ2) is 6.45. The molecule has 1 amide bonds. The average Bonchev–Trinajstić information content (AvgIpc) is 2.28. The van der Waals surface area contributed by atoms with Crippen LogP contribution >= 0.6 is 12.4 Å². The number of amides is 1. The molecule has 0 unspecified atom stereocenters. The molecule has 0 heterocycles. The molecule has 0 aromatic rings. The highest BCUT2D eigenvalue weighted by Gasteiger charge is 2.32. The Labute approximate surface area is 105 Å². The van der Waals surface area contributed by atoms with E-state index < -0.39 is 5.41 Å². The zero-order valence-electron chi connectivity index (χ0n) is 10.7. The van der Waals surface area contributed by atoms with Crippen molar-refractivity contribution in [3.05, 3.63) is 0 Å². The second-order valence-corrected chi connectivity index (χ2v) is 5.30. The van der Waals surface area contributed by atoms with Crippen LogP contribution in [0.15, 0.2) is 0 Å². The van der Waals surface area contributed by atoms with Crippen LogP contribution in [0, 0.1) is 5.41 Å². The lowest BCUT2D eigenvalue weighted by Crippen LogP contribution is -2.47. The van der Waals surface area contributed by atoms with E-state index in [1.807, 2.05) is 25.8 Å². The van der Waals surface area contributed by atoms with Gasteiger partial charge in [-0.15, -0.1) is 12.4 Å². The summed E-state index contributed by atoms with van der Waals surface area (Å²) in [5.41, 5.74) is 5.22. The molecule has 0 aliphatic heterocycles. The zero-order chi connectivity index (χ0) is 11.5. The Bertz CT molecular complexity index is 225. The molecule has 2 N–H and O–H groups in total. The summed E-state index contributed by atoms with van der Waals surface area (Å²) in [6, 6.07) is 0.442. The van der Waals surface area contributed by atoms with Gasteiger partial charge in [-0.3, -0.25) is 4.79 Å². The Hall–Kier alpha value is -0.280. The Morgan fingerprint density at radius 1 is 1.31 bits per heavy atom. The smallest absolute Gasteiger partial charge is 0.229 e. The van der Waals surface area contributed by atoms with Crippen molar-refractivity contribution in [3.63, 3.8) is 0 Å². The molecular weight excluding hydrogens is 224 g/mol. The SMILES string of the molecule is CN(C(=O)C(C)(C)CN)C1CCCCC1.Cl. The first kappa shape index (κ1) is 15.7. The molecule has 0 aromatic carbocycles. The molecule has 0 spiro atoms. The summed E-state index contributed by atoms with van der Waals surface area (Å²) in [5, 5.41) is 0. The summed E-state index contributed by atoms with van der Waals surface area (Å²) in [7, 11) is 1.93. The van der Waals surface area contributed by atoms with E-state index in [0.717, 1.165) is 12.8 Å². The van der Waals surface area contributed by atoms with Crippen LogP contribution in [0.1, 0.15) is 46.0 Å². The molecule has 1 aliphatic carbocycles. The Kier molecular flexibility index (Phi) is 6.34. The Morgan fingerprint density at radius 2 is 1.81 bits per heavy atom. The van der Waals surface area contributed by atoms with Crippen molar-refractivity contribution in [1.29, 1.82) is 0 Å². The van der Waals surface area contributed by atoms with Crippen LogP contribution in [0.4, 0.5) is 0 Å². The number of carbonyl (C=O) groups excluding carboxylic acids is 1. The summed E-state index contributed by atoms with van der Waals surface area (Å²) in [6.45, 7) is 4.27. The van der Waals surface area contributed by atoms with Gasteiger partial charge in [0.15, 0.2) is 0 Å². The highest BCUT2D eigenvalue weighted by molar-refractivity contribution is 5.85. The molecule has 0 aromatic heterocycles. The van der Waals surface area contributed by atoms with Crippen molar-refractivity contribution < 1.29 is 4.79 Å².